The van der Waals surface area contributed by atoms with Crippen molar-refractivity contribution in [2.45, 2.75) is 19.3 Å². The molecule has 1 amide bonds. The third kappa shape index (κ3) is 5.42. The van der Waals surface area contributed by atoms with Crippen molar-refractivity contribution in [2.75, 3.05) is 13.1 Å². The molecule has 31 heavy (non-hydrogen) atoms. The van der Waals surface area contributed by atoms with E-state index in [1.807, 2.05) is 35.2 Å². The number of halogens is 1. The molecule has 0 N–H and O–H groups in total. The predicted molar refractivity (Wildman–Crippen MR) is 128 cm³/mol. The number of likely N-dealkylation sites (tertiary alicyclic amines) is 1. The first-order valence-corrected chi connectivity index (χ1v) is 11.4. The second-order valence-electron chi connectivity index (χ2n) is 7.92. The van der Waals surface area contributed by atoms with Crippen LogP contribution in [0.1, 0.15) is 24.0 Å². The third-order valence-corrected chi connectivity index (χ3v) is 6.22. The molecule has 0 atom stereocenters. The minimum absolute atomic E-state index is 0.105. The summed E-state index contributed by atoms with van der Waals surface area (Å²) in [6.45, 7) is 1.40. The number of pyridine rings is 1. The fourth-order valence-electron chi connectivity index (χ4n) is 4.06. The molecule has 0 saturated carbocycles. The molecule has 1 saturated heterocycles. The van der Waals surface area contributed by atoms with E-state index in [0.717, 1.165) is 29.3 Å². The zero-order valence-electron chi connectivity index (χ0n) is 17.3. The van der Waals surface area contributed by atoms with Gasteiger partial charge in [0.25, 0.3) is 11.5 Å². The van der Waals surface area contributed by atoms with Gasteiger partial charge in [-0.3, -0.25) is 14.2 Å². The van der Waals surface area contributed by atoms with Crippen LogP contribution in [0, 0.1) is 5.92 Å². The quantitative estimate of drug-likeness (QED) is 0.481. The summed E-state index contributed by atoms with van der Waals surface area (Å²) in [6.07, 6.45) is 6.43. The van der Waals surface area contributed by atoms with E-state index in [1.165, 1.54) is 16.2 Å². The summed E-state index contributed by atoms with van der Waals surface area (Å²) in [5.74, 6) is 0.467. The van der Waals surface area contributed by atoms with Crippen molar-refractivity contribution in [1.29, 1.82) is 0 Å². The lowest BCUT2D eigenvalue weighted by molar-refractivity contribution is -0.126. The summed E-state index contributed by atoms with van der Waals surface area (Å²) in [6, 6.07) is 23.2. The Kier molecular flexibility index (Phi) is 6.82. The van der Waals surface area contributed by atoms with Gasteiger partial charge in [0.15, 0.2) is 0 Å². The number of amides is 1. The number of aromatic nitrogens is 1. The molecule has 5 heteroatoms. The van der Waals surface area contributed by atoms with Crippen LogP contribution in [0.15, 0.2) is 88.3 Å². The highest BCUT2D eigenvalue weighted by Gasteiger charge is 2.26. The second kappa shape index (κ2) is 9.92. The number of rotatable bonds is 5. The molecule has 0 bridgehead atoms. The average Bonchev–Trinajstić information content (AvgIpc) is 2.79. The van der Waals surface area contributed by atoms with E-state index >= 15 is 0 Å². The van der Waals surface area contributed by atoms with Crippen LogP contribution in [-0.2, 0) is 11.2 Å². The number of piperidine rings is 1. The third-order valence-electron chi connectivity index (χ3n) is 5.72. The minimum atomic E-state index is -0.212. The van der Waals surface area contributed by atoms with E-state index in [2.05, 4.69) is 40.2 Å². The zero-order valence-corrected chi connectivity index (χ0v) is 18.9. The van der Waals surface area contributed by atoms with E-state index in [9.17, 15) is 9.59 Å². The summed E-state index contributed by atoms with van der Waals surface area (Å²) >= 11 is 3.48. The van der Waals surface area contributed by atoms with Gasteiger partial charge in [0, 0.05) is 29.8 Å². The molecule has 1 aliphatic heterocycles. The number of nitrogens with zero attached hydrogens (tertiary/aromatic N) is 2. The second-order valence-corrected chi connectivity index (χ2v) is 8.83. The molecule has 3 aromatic rings. The van der Waals surface area contributed by atoms with Crippen LogP contribution in [-0.4, -0.2) is 28.5 Å². The molecule has 1 aromatic heterocycles. The Labute approximate surface area is 191 Å². The van der Waals surface area contributed by atoms with Gasteiger partial charge in [-0.25, -0.2) is 0 Å². The largest absolute Gasteiger partial charge is 0.337 e. The van der Waals surface area contributed by atoms with E-state index in [4.69, 9.17) is 0 Å². The molecule has 4 rings (SSSR count). The molecule has 4 nitrogen and oxygen atoms in total. The fraction of sp³-hybridized carbons (Fsp3) is 0.231. The van der Waals surface area contributed by atoms with Crippen molar-refractivity contribution in [3.63, 3.8) is 0 Å². The molecule has 0 radical (unpaired) electrons. The molecule has 1 aliphatic rings. The van der Waals surface area contributed by atoms with Gasteiger partial charge in [0.1, 0.15) is 5.70 Å². The first kappa shape index (κ1) is 21.3. The van der Waals surface area contributed by atoms with Crippen LogP contribution in [0.4, 0.5) is 0 Å². The first-order chi connectivity index (χ1) is 15.1. The van der Waals surface area contributed by atoms with E-state index in [0.29, 0.717) is 24.7 Å². The SMILES string of the molecule is O=C(C(=Cc1cccc(Br)c1)n1ccccc1=O)N1CCC(Cc2ccccc2)CC1. The number of benzene rings is 2. The maximum Gasteiger partial charge on any atom is 0.270 e. The standard InChI is InChI=1S/C26H25BrN2O2/c27-23-10-6-9-22(18-23)19-24(29-14-5-4-11-25(29)30)26(31)28-15-12-21(13-16-28)17-20-7-2-1-3-8-20/h1-11,14,18-19,21H,12-13,15-17H2. The maximum absolute atomic E-state index is 13.5. The van der Waals surface area contributed by atoms with Gasteiger partial charge in [-0.15, -0.1) is 0 Å². The molecular weight excluding hydrogens is 452 g/mol. The van der Waals surface area contributed by atoms with Gasteiger partial charge in [-0.05, 0) is 60.6 Å². The van der Waals surface area contributed by atoms with Gasteiger partial charge >= 0.3 is 0 Å². The Morgan fingerprint density at radius 1 is 0.968 bits per heavy atom. The topological polar surface area (TPSA) is 42.3 Å². The van der Waals surface area contributed by atoms with Crippen molar-refractivity contribution in [2.24, 2.45) is 5.92 Å². The van der Waals surface area contributed by atoms with Crippen LogP contribution in [0.25, 0.3) is 11.8 Å². The molecule has 2 aromatic carbocycles. The lowest BCUT2D eigenvalue weighted by Gasteiger charge is -2.33. The van der Waals surface area contributed by atoms with Gasteiger partial charge in [-0.2, -0.15) is 0 Å². The Morgan fingerprint density at radius 2 is 1.71 bits per heavy atom. The Balaban J connectivity index is 1.54. The van der Waals surface area contributed by atoms with Crippen LogP contribution in [0.3, 0.4) is 0 Å². The molecule has 2 heterocycles. The highest BCUT2D eigenvalue weighted by Crippen LogP contribution is 2.24. The average molecular weight is 477 g/mol. The maximum atomic E-state index is 13.5. The van der Waals surface area contributed by atoms with Crippen LogP contribution in [0.5, 0.6) is 0 Å². The molecule has 158 valence electrons. The molecule has 0 spiro atoms. The molecule has 1 fully saturated rings. The summed E-state index contributed by atoms with van der Waals surface area (Å²) < 4.78 is 2.37. The lowest BCUT2D eigenvalue weighted by Crippen LogP contribution is -2.41. The van der Waals surface area contributed by atoms with E-state index < -0.39 is 0 Å². The van der Waals surface area contributed by atoms with Crippen LogP contribution in [0.2, 0.25) is 0 Å². The van der Waals surface area contributed by atoms with Crippen molar-refractivity contribution in [3.05, 3.63) is 105 Å². The number of hydrogen-bond donors (Lipinski definition) is 0. The lowest BCUT2D eigenvalue weighted by atomic mass is 9.90. The molecule has 0 unspecified atom stereocenters. The van der Waals surface area contributed by atoms with Crippen LogP contribution < -0.4 is 5.56 Å². The van der Waals surface area contributed by atoms with Gasteiger partial charge < -0.3 is 4.90 Å². The Hall–Kier alpha value is -2.92. The highest BCUT2D eigenvalue weighted by molar-refractivity contribution is 9.10. The first-order valence-electron chi connectivity index (χ1n) is 10.6. The van der Waals surface area contributed by atoms with Crippen molar-refractivity contribution in [3.8, 4) is 0 Å². The number of carbonyl (C=O) groups excluding carboxylic acids is 1. The Morgan fingerprint density at radius 3 is 2.42 bits per heavy atom. The van der Waals surface area contributed by atoms with Gasteiger partial charge in [0.2, 0.25) is 0 Å². The fourth-order valence-corrected chi connectivity index (χ4v) is 4.48. The summed E-state index contributed by atoms with van der Waals surface area (Å²) in [7, 11) is 0. The van der Waals surface area contributed by atoms with Crippen molar-refractivity contribution in [1.82, 2.24) is 9.47 Å². The summed E-state index contributed by atoms with van der Waals surface area (Å²) in [4.78, 5) is 27.9. The summed E-state index contributed by atoms with van der Waals surface area (Å²) in [5.41, 5.74) is 2.38. The van der Waals surface area contributed by atoms with Gasteiger partial charge in [-0.1, -0.05) is 64.5 Å². The zero-order chi connectivity index (χ0) is 21.6. The molecule has 0 aliphatic carbocycles. The smallest absolute Gasteiger partial charge is 0.270 e. The van der Waals surface area contributed by atoms with E-state index in [1.54, 1.807) is 24.4 Å². The Bertz CT molecular complexity index is 1130. The summed E-state index contributed by atoms with van der Waals surface area (Å²) in [5, 5.41) is 0. The number of hydrogen-bond acceptors (Lipinski definition) is 2. The van der Waals surface area contributed by atoms with Crippen LogP contribution >= 0.6 is 15.9 Å². The minimum Gasteiger partial charge on any atom is -0.337 e. The number of carbonyl (C=O) groups is 1. The highest BCUT2D eigenvalue weighted by atomic mass is 79.9. The van der Waals surface area contributed by atoms with Crippen molar-refractivity contribution < 1.29 is 4.79 Å². The van der Waals surface area contributed by atoms with E-state index in [-0.39, 0.29) is 11.5 Å². The predicted octanol–water partition coefficient (Wildman–Crippen LogP) is 5.09. The molecular formula is C26H25BrN2O2. The van der Waals surface area contributed by atoms with Gasteiger partial charge in [0.05, 0.1) is 0 Å². The monoisotopic (exact) mass is 476 g/mol. The normalized spacial score (nSPS) is 15.1. The van der Waals surface area contributed by atoms with Crippen molar-refractivity contribution >= 4 is 33.6 Å².